The summed E-state index contributed by atoms with van der Waals surface area (Å²) in [6.45, 7) is 7.61. The van der Waals surface area contributed by atoms with E-state index in [1.807, 2.05) is 6.92 Å². The fraction of sp³-hybridized carbons (Fsp3) is 0.588. The zero-order chi connectivity index (χ0) is 15.2. The number of hydrogen-bond donors (Lipinski definition) is 1. The Kier molecular flexibility index (Phi) is 3.26. The van der Waals surface area contributed by atoms with Crippen LogP contribution in [0, 0.1) is 13.8 Å². The summed E-state index contributed by atoms with van der Waals surface area (Å²) in [5, 5.41) is 4.68. The molecule has 4 rings (SSSR count). The van der Waals surface area contributed by atoms with Crippen molar-refractivity contribution in [1.29, 1.82) is 0 Å². The molecule has 2 aliphatic heterocycles. The Morgan fingerprint density at radius 1 is 1.18 bits per heavy atom. The lowest BCUT2D eigenvalue weighted by Gasteiger charge is -2.32. The van der Waals surface area contributed by atoms with E-state index in [4.69, 9.17) is 0 Å². The van der Waals surface area contributed by atoms with Gasteiger partial charge in [-0.15, -0.1) is 0 Å². The van der Waals surface area contributed by atoms with E-state index < -0.39 is 0 Å². The molecule has 116 valence electrons. The number of fused-ring (bicyclic) bond motifs is 2. The fourth-order valence-electron chi connectivity index (χ4n) is 4.31. The van der Waals surface area contributed by atoms with Crippen LogP contribution in [0.4, 0.5) is 5.82 Å². The highest BCUT2D eigenvalue weighted by atomic mass is 15.3. The van der Waals surface area contributed by atoms with Crippen LogP contribution in [0.1, 0.15) is 36.9 Å². The molecule has 2 aromatic heterocycles. The van der Waals surface area contributed by atoms with Crippen molar-refractivity contribution < 1.29 is 0 Å². The van der Waals surface area contributed by atoms with E-state index in [0.29, 0.717) is 5.54 Å². The quantitative estimate of drug-likeness (QED) is 0.944. The maximum absolute atomic E-state index is 4.54. The van der Waals surface area contributed by atoms with Gasteiger partial charge in [0.2, 0.25) is 0 Å². The lowest BCUT2D eigenvalue weighted by atomic mass is 9.94. The van der Waals surface area contributed by atoms with Crippen LogP contribution >= 0.6 is 0 Å². The maximum Gasteiger partial charge on any atom is 0.165 e. The van der Waals surface area contributed by atoms with Crippen LogP contribution in [0.3, 0.4) is 0 Å². The van der Waals surface area contributed by atoms with Gasteiger partial charge in [-0.3, -0.25) is 4.90 Å². The van der Waals surface area contributed by atoms with Gasteiger partial charge >= 0.3 is 0 Å². The van der Waals surface area contributed by atoms with E-state index in [2.05, 4.69) is 38.2 Å². The smallest absolute Gasteiger partial charge is 0.165 e. The minimum absolute atomic E-state index is 0.350. The first-order chi connectivity index (χ1) is 10.7. The molecule has 0 spiro atoms. The van der Waals surface area contributed by atoms with Crippen LogP contribution in [-0.4, -0.2) is 45.0 Å². The molecule has 0 unspecified atom stereocenters. The molecule has 5 heteroatoms. The average Bonchev–Trinajstić information content (AvgIpc) is 3.04. The zero-order valence-corrected chi connectivity index (χ0v) is 13.4. The number of nitrogens with one attached hydrogen (secondary N) is 1. The molecule has 22 heavy (non-hydrogen) atoms. The number of nitrogens with zero attached hydrogens (tertiary/aromatic N) is 4. The van der Waals surface area contributed by atoms with Crippen LogP contribution in [0.25, 0.3) is 11.0 Å². The van der Waals surface area contributed by atoms with Gasteiger partial charge in [0.1, 0.15) is 12.1 Å². The number of pyridine rings is 1. The number of anilines is 1. The second-order valence-electron chi connectivity index (χ2n) is 6.77. The molecular formula is C17H23N5. The van der Waals surface area contributed by atoms with Gasteiger partial charge in [-0.05, 0) is 64.3 Å². The molecule has 2 saturated heterocycles. The summed E-state index contributed by atoms with van der Waals surface area (Å²) in [5.41, 5.74) is 3.34. The first-order valence-corrected chi connectivity index (χ1v) is 8.26. The summed E-state index contributed by atoms with van der Waals surface area (Å²) >= 11 is 0. The van der Waals surface area contributed by atoms with E-state index in [9.17, 15) is 0 Å². The molecule has 2 fully saturated rings. The molecule has 0 aliphatic carbocycles. The molecule has 0 saturated carbocycles. The third-order valence-electron chi connectivity index (χ3n) is 5.33. The molecule has 0 bridgehead atoms. The molecule has 0 aromatic carbocycles. The monoisotopic (exact) mass is 297 g/mol. The van der Waals surface area contributed by atoms with Crippen molar-refractivity contribution in [3.8, 4) is 0 Å². The van der Waals surface area contributed by atoms with Crippen LogP contribution in [0.15, 0.2) is 12.4 Å². The molecule has 4 heterocycles. The molecule has 2 aromatic rings. The lowest BCUT2D eigenvalue weighted by Crippen LogP contribution is -2.44. The molecule has 5 nitrogen and oxygen atoms in total. The van der Waals surface area contributed by atoms with E-state index >= 15 is 0 Å². The second kappa shape index (κ2) is 5.16. The maximum atomic E-state index is 4.54. The number of aryl methyl sites for hydroxylation is 2. The van der Waals surface area contributed by atoms with Gasteiger partial charge in [0.25, 0.3) is 0 Å². The molecule has 1 N–H and O–H groups in total. The zero-order valence-electron chi connectivity index (χ0n) is 13.4. The van der Waals surface area contributed by atoms with Crippen LogP contribution in [0.2, 0.25) is 0 Å². The van der Waals surface area contributed by atoms with Crippen LogP contribution in [-0.2, 0) is 0 Å². The summed E-state index contributed by atoms with van der Waals surface area (Å²) in [6.07, 6.45) is 6.88. The van der Waals surface area contributed by atoms with Crippen molar-refractivity contribution in [2.45, 2.75) is 45.1 Å². The number of hydrogen-bond acceptors (Lipinski definition) is 5. The van der Waals surface area contributed by atoms with Crippen molar-refractivity contribution in [2.75, 3.05) is 25.0 Å². The van der Waals surface area contributed by atoms with E-state index in [1.165, 1.54) is 44.3 Å². The van der Waals surface area contributed by atoms with Gasteiger partial charge in [0.05, 0.1) is 5.39 Å². The minimum atomic E-state index is 0.350. The van der Waals surface area contributed by atoms with Crippen molar-refractivity contribution in [1.82, 2.24) is 19.9 Å². The van der Waals surface area contributed by atoms with Crippen molar-refractivity contribution in [2.24, 2.45) is 0 Å². The van der Waals surface area contributed by atoms with E-state index in [1.54, 1.807) is 6.33 Å². The Hall–Kier alpha value is -1.75. The van der Waals surface area contributed by atoms with E-state index in [-0.39, 0.29) is 0 Å². The standard InChI is InChI=1S/C17H23N5/c1-12-9-13(2)21-16-14(12)15(19-11-20-16)18-10-17-5-3-7-22(17)8-4-6-17/h9,11H,3-8,10H2,1-2H3,(H,18,19,20,21). The third-order valence-corrected chi connectivity index (χ3v) is 5.33. The Labute approximate surface area is 131 Å². The molecule has 2 aliphatic rings. The number of rotatable bonds is 3. The SMILES string of the molecule is Cc1cc(C)c2c(NCC34CCCN3CCC4)ncnc2n1. The third kappa shape index (κ3) is 2.15. The summed E-state index contributed by atoms with van der Waals surface area (Å²) in [7, 11) is 0. The second-order valence-corrected chi connectivity index (χ2v) is 6.77. The van der Waals surface area contributed by atoms with Gasteiger partial charge in [-0.2, -0.15) is 0 Å². The lowest BCUT2D eigenvalue weighted by molar-refractivity contribution is 0.209. The summed E-state index contributed by atoms with van der Waals surface area (Å²) in [4.78, 5) is 16.0. The van der Waals surface area contributed by atoms with Gasteiger partial charge in [0.15, 0.2) is 5.65 Å². The largest absolute Gasteiger partial charge is 0.368 e. The van der Waals surface area contributed by atoms with Crippen molar-refractivity contribution in [3.63, 3.8) is 0 Å². The fourth-order valence-corrected chi connectivity index (χ4v) is 4.31. The van der Waals surface area contributed by atoms with Crippen LogP contribution in [0.5, 0.6) is 0 Å². The summed E-state index contributed by atoms with van der Waals surface area (Å²) in [5.74, 6) is 0.933. The number of aromatic nitrogens is 3. The predicted molar refractivity (Wildman–Crippen MR) is 88.1 cm³/mol. The Bertz CT molecular complexity index is 702. The summed E-state index contributed by atoms with van der Waals surface area (Å²) in [6, 6.07) is 2.10. The first-order valence-electron chi connectivity index (χ1n) is 8.26. The predicted octanol–water partition coefficient (Wildman–Crippen LogP) is 2.68. The molecule has 0 radical (unpaired) electrons. The minimum Gasteiger partial charge on any atom is -0.368 e. The molecule has 0 amide bonds. The van der Waals surface area contributed by atoms with Gasteiger partial charge in [0, 0.05) is 17.8 Å². The summed E-state index contributed by atoms with van der Waals surface area (Å²) < 4.78 is 0. The first kappa shape index (κ1) is 13.9. The van der Waals surface area contributed by atoms with Gasteiger partial charge < -0.3 is 5.32 Å². The Morgan fingerprint density at radius 2 is 1.95 bits per heavy atom. The van der Waals surface area contributed by atoms with E-state index in [0.717, 1.165) is 29.1 Å². The topological polar surface area (TPSA) is 53.9 Å². The highest BCUT2D eigenvalue weighted by Crippen LogP contribution is 2.39. The average molecular weight is 297 g/mol. The van der Waals surface area contributed by atoms with Crippen molar-refractivity contribution in [3.05, 3.63) is 23.7 Å². The molecular weight excluding hydrogens is 274 g/mol. The van der Waals surface area contributed by atoms with Gasteiger partial charge in [-0.1, -0.05) is 0 Å². The highest BCUT2D eigenvalue weighted by Gasteiger charge is 2.43. The molecule has 0 atom stereocenters. The Morgan fingerprint density at radius 3 is 2.73 bits per heavy atom. The van der Waals surface area contributed by atoms with Gasteiger partial charge in [-0.25, -0.2) is 15.0 Å². The normalized spacial score (nSPS) is 20.5. The van der Waals surface area contributed by atoms with Crippen molar-refractivity contribution >= 4 is 16.9 Å². The Balaban J connectivity index is 1.65. The highest BCUT2D eigenvalue weighted by molar-refractivity contribution is 5.89. The van der Waals surface area contributed by atoms with Crippen LogP contribution < -0.4 is 5.32 Å².